The molecule has 1 aliphatic heterocycles. The minimum Gasteiger partial charge on any atom is -0.494 e. The number of hydrogen-bond acceptors (Lipinski definition) is 7. The molecule has 0 saturated carbocycles. The second kappa shape index (κ2) is 13.4. The summed E-state index contributed by atoms with van der Waals surface area (Å²) in [5, 5.41) is 2.62. The van der Waals surface area contributed by atoms with Crippen molar-refractivity contribution in [1.82, 2.24) is 4.57 Å². The van der Waals surface area contributed by atoms with Gasteiger partial charge in [-0.25, -0.2) is 9.79 Å². The topological polar surface area (TPSA) is 79.1 Å². The van der Waals surface area contributed by atoms with Crippen LogP contribution in [0.25, 0.3) is 16.8 Å². The van der Waals surface area contributed by atoms with Crippen molar-refractivity contribution >= 4 is 45.8 Å². The van der Waals surface area contributed by atoms with Crippen molar-refractivity contribution in [3.8, 4) is 11.5 Å². The largest absolute Gasteiger partial charge is 0.494 e. The Morgan fingerprint density at radius 2 is 1.74 bits per heavy atom. The number of ether oxygens (including phenoxy) is 3. The molecular formula is C37H33ClN2O5S. The first kappa shape index (κ1) is 31.3. The van der Waals surface area contributed by atoms with Crippen LogP contribution in [0.2, 0.25) is 5.02 Å². The first-order chi connectivity index (χ1) is 22.2. The van der Waals surface area contributed by atoms with Crippen molar-refractivity contribution in [1.29, 1.82) is 0 Å². The van der Waals surface area contributed by atoms with Crippen LogP contribution in [-0.4, -0.2) is 23.2 Å². The van der Waals surface area contributed by atoms with Crippen LogP contribution in [0.5, 0.6) is 11.5 Å². The van der Waals surface area contributed by atoms with Crippen LogP contribution in [0.15, 0.2) is 106 Å². The zero-order chi connectivity index (χ0) is 32.4. The van der Waals surface area contributed by atoms with Crippen molar-refractivity contribution in [2.24, 2.45) is 4.99 Å². The molecular weight excluding hydrogens is 620 g/mol. The van der Waals surface area contributed by atoms with E-state index in [1.807, 2.05) is 97.9 Å². The number of carbonyl (C=O) groups excluding carboxylic acids is 1. The monoisotopic (exact) mass is 652 g/mol. The van der Waals surface area contributed by atoms with E-state index in [9.17, 15) is 9.59 Å². The van der Waals surface area contributed by atoms with E-state index in [2.05, 4.69) is 0 Å². The molecule has 6 rings (SSSR count). The van der Waals surface area contributed by atoms with Gasteiger partial charge in [0.25, 0.3) is 5.56 Å². The third-order valence-corrected chi connectivity index (χ3v) is 8.84. The van der Waals surface area contributed by atoms with Gasteiger partial charge in [-0.2, -0.15) is 0 Å². The van der Waals surface area contributed by atoms with Crippen LogP contribution < -0.4 is 24.4 Å². The standard InChI is InChI=1S/C37H33ClN2O5S/c1-5-43-28-17-12-26(13-18-28)34-33(36(42)45-22(2)3)23(4)39-37-40(34)35(41)32(46-37)20-30-29-9-7-6-8-25(29)14-19-31(30)44-21-24-10-15-27(38)16-11-24/h6-20,22,34H,5,21H2,1-4H3/b32-20+/t34-/m0/s1. The Kier molecular flexibility index (Phi) is 9.10. The SMILES string of the molecule is CCOc1ccc([C@H]2C(C(=O)OC(C)C)=C(C)N=c3s/c(=C/c4c(OCc5ccc(Cl)cc5)ccc5ccccc45)c(=O)n32)cc1. The van der Waals surface area contributed by atoms with E-state index in [-0.39, 0.29) is 11.7 Å². The van der Waals surface area contributed by atoms with E-state index in [0.717, 1.165) is 27.5 Å². The molecule has 0 bridgehead atoms. The first-order valence-electron chi connectivity index (χ1n) is 15.1. The zero-order valence-electron chi connectivity index (χ0n) is 26.0. The Hall–Kier alpha value is -4.66. The van der Waals surface area contributed by atoms with Crippen molar-refractivity contribution in [2.45, 2.75) is 46.4 Å². The normalized spacial score (nSPS) is 14.7. The number of rotatable bonds is 9. The van der Waals surface area contributed by atoms with Gasteiger partial charge in [0.2, 0.25) is 0 Å². The molecule has 1 aliphatic rings. The minimum atomic E-state index is -0.728. The highest BCUT2D eigenvalue weighted by Crippen LogP contribution is 2.33. The van der Waals surface area contributed by atoms with E-state index < -0.39 is 12.0 Å². The number of thiazole rings is 1. The molecule has 1 atom stereocenters. The number of nitrogens with zero attached hydrogens (tertiary/aromatic N) is 2. The van der Waals surface area contributed by atoms with Gasteiger partial charge in [0.15, 0.2) is 4.80 Å². The van der Waals surface area contributed by atoms with Gasteiger partial charge in [-0.15, -0.1) is 0 Å². The summed E-state index contributed by atoms with van der Waals surface area (Å²) in [5.74, 6) is 0.837. The van der Waals surface area contributed by atoms with Crippen molar-refractivity contribution in [2.75, 3.05) is 6.61 Å². The molecule has 234 valence electrons. The molecule has 9 heteroatoms. The lowest BCUT2D eigenvalue weighted by molar-refractivity contribution is -0.143. The molecule has 0 aliphatic carbocycles. The van der Waals surface area contributed by atoms with Crippen LogP contribution in [0, 0.1) is 0 Å². The molecule has 0 N–H and O–H groups in total. The maximum atomic E-state index is 14.4. The van der Waals surface area contributed by atoms with Gasteiger partial charge in [0.1, 0.15) is 18.1 Å². The van der Waals surface area contributed by atoms with Crippen LogP contribution in [0.3, 0.4) is 0 Å². The summed E-state index contributed by atoms with van der Waals surface area (Å²) in [6.07, 6.45) is 1.53. The van der Waals surface area contributed by atoms with Gasteiger partial charge >= 0.3 is 5.97 Å². The second-order valence-corrected chi connectivity index (χ2v) is 12.6. The summed E-state index contributed by atoms with van der Waals surface area (Å²) in [6, 6.07) is 26.1. The predicted octanol–water partition coefficient (Wildman–Crippen LogP) is 6.97. The number of carbonyl (C=O) groups is 1. The quantitative estimate of drug-likeness (QED) is 0.161. The van der Waals surface area contributed by atoms with Crippen molar-refractivity contribution in [3.05, 3.63) is 138 Å². The minimum absolute atomic E-state index is 0.262. The van der Waals surface area contributed by atoms with Crippen LogP contribution >= 0.6 is 22.9 Å². The Morgan fingerprint density at radius 3 is 2.46 bits per heavy atom. The van der Waals surface area contributed by atoms with Gasteiger partial charge in [0, 0.05) is 10.6 Å². The van der Waals surface area contributed by atoms with Gasteiger partial charge < -0.3 is 14.2 Å². The fourth-order valence-electron chi connectivity index (χ4n) is 5.51. The number of esters is 1. The second-order valence-electron chi connectivity index (χ2n) is 11.2. The summed E-state index contributed by atoms with van der Waals surface area (Å²) in [5.41, 5.74) is 3.07. The molecule has 4 aromatic carbocycles. The highest BCUT2D eigenvalue weighted by molar-refractivity contribution is 7.07. The fourth-order valence-corrected chi connectivity index (χ4v) is 6.67. The van der Waals surface area contributed by atoms with E-state index in [1.165, 1.54) is 11.3 Å². The molecule has 0 saturated heterocycles. The third kappa shape index (κ3) is 6.36. The maximum absolute atomic E-state index is 14.4. The van der Waals surface area contributed by atoms with Gasteiger partial charge in [-0.1, -0.05) is 77.5 Å². The lowest BCUT2D eigenvalue weighted by atomic mass is 9.95. The number of hydrogen-bond donors (Lipinski definition) is 0. The molecule has 7 nitrogen and oxygen atoms in total. The molecule has 0 fully saturated rings. The van der Waals surface area contributed by atoms with E-state index >= 15 is 0 Å². The molecule has 1 aromatic heterocycles. The highest BCUT2D eigenvalue weighted by Gasteiger charge is 2.34. The van der Waals surface area contributed by atoms with E-state index in [0.29, 0.717) is 50.3 Å². The van der Waals surface area contributed by atoms with Crippen LogP contribution in [0.1, 0.15) is 50.4 Å². The summed E-state index contributed by atoms with van der Waals surface area (Å²) < 4.78 is 19.7. The molecule has 5 aromatic rings. The van der Waals surface area contributed by atoms with Gasteiger partial charge in [-0.3, -0.25) is 9.36 Å². The summed E-state index contributed by atoms with van der Waals surface area (Å²) in [7, 11) is 0. The predicted molar refractivity (Wildman–Crippen MR) is 182 cm³/mol. The first-order valence-corrected chi connectivity index (χ1v) is 16.3. The number of fused-ring (bicyclic) bond motifs is 2. The number of allylic oxidation sites excluding steroid dienone is 1. The highest BCUT2D eigenvalue weighted by atomic mass is 35.5. The lowest BCUT2D eigenvalue weighted by Gasteiger charge is -2.25. The summed E-state index contributed by atoms with van der Waals surface area (Å²) in [6.45, 7) is 8.15. The summed E-state index contributed by atoms with van der Waals surface area (Å²) >= 11 is 7.35. The smallest absolute Gasteiger partial charge is 0.338 e. The molecule has 46 heavy (non-hydrogen) atoms. The molecule has 0 unspecified atom stereocenters. The van der Waals surface area contributed by atoms with Crippen LogP contribution in [-0.2, 0) is 16.1 Å². The van der Waals surface area contributed by atoms with Crippen LogP contribution in [0.4, 0.5) is 0 Å². The molecule has 0 amide bonds. The molecule has 2 heterocycles. The zero-order valence-corrected chi connectivity index (χ0v) is 27.5. The third-order valence-electron chi connectivity index (χ3n) is 7.60. The average Bonchev–Trinajstić information content (AvgIpc) is 3.34. The molecule has 0 radical (unpaired) electrons. The maximum Gasteiger partial charge on any atom is 0.338 e. The van der Waals surface area contributed by atoms with Crippen molar-refractivity contribution in [3.63, 3.8) is 0 Å². The van der Waals surface area contributed by atoms with Gasteiger partial charge in [-0.05, 0) is 86.0 Å². The van der Waals surface area contributed by atoms with E-state index in [1.54, 1.807) is 25.3 Å². The Balaban J connectivity index is 1.50. The average molecular weight is 653 g/mol. The number of benzene rings is 4. The molecule has 0 spiro atoms. The Bertz CT molecular complexity index is 2130. The number of aromatic nitrogens is 1. The lowest BCUT2D eigenvalue weighted by Crippen LogP contribution is -2.40. The van der Waals surface area contributed by atoms with Crippen molar-refractivity contribution < 1.29 is 19.0 Å². The number of halogens is 1. The fraction of sp³-hybridized carbons (Fsp3) is 0.216. The van der Waals surface area contributed by atoms with Gasteiger partial charge in [0.05, 0.1) is 34.6 Å². The summed E-state index contributed by atoms with van der Waals surface area (Å²) in [4.78, 5) is 33.1. The van der Waals surface area contributed by atoms with E-state index in [4.69, 9.17) is 30.8 Å². The Labute approximate surface area is 275 Å². The Morgan fingerprint density at radius 1 is 1.00 bits per heavy atom.